The average Bonchev–Trinajstić information content (AvgIpc) is 2.32. The second-order valence-corrected chi connectivity index (χ2v) is 6.96. The molecule has 2 rings (SSSR count). The van der Waals surface area contributed by atoms with Gasteiger partial charge in [-0.15, -0.1) is 0 Å². The number of hydrogen-bond donors (Lipinski definition) is 1. The van der Waals surface area contributed by atoms with Crippen molar-refractivity contribution in [3.63, 3.8) is 0 Å². The van der Waals surface area contributed by atoms with Crippen LogP contribution in [0.3, 0.4) is 0 Å². The van der Waals surface area contributed by atoms with Gasteiger partial charge in [-0.2, -0.15) is 0 Å². The van der Waals surface area contributed by atoms with E-state index in [4.69, 9.17) is 0 Å². The molecule has 1 N–H and O–H groups in total. The number of sulfone groups is 1. The van der Waals surface area contributed by atoms with Gasteiger partial charge >= 0.3 is 0 Å². The van der Waals surface area contributed by atoms with Gasteiger partial charge in [0, 0.05) is 38.5 Å². The molecule has 1 atom stereocenters. The summed E-state index contributed by atoms with van der Waals surface area (Å²) in [5, 5.41) is 3.36. The molecule has 0 saturated carbocycles. The SMILES string of the molecule is CC1CNCCN1Cc1ccc(S(C)(=O)=O)cc1. The molecule has 1 fully saturated rings. The molecule has 0 amide bonds. The fourth-order valence-corrected chi connectivity index (χ4v) is 2.83. The Hall–Kier alpha value is -0.910. The Morgan fingerprint density at radius 2 is 2.00 bits per heavy atom. The molecule has 1 aromatic carbocycles. The normalized spacial score (nSPS) is 22.0. The molecular formula is C13H20N2O2S. The van der Waals surface area contributed by atoms with Gasteiger partial charge < -0.3 is 5.32 Å². The maximum absolute atomic E-state index is 11.4. The Balaban J connectivity index is 2.06. The number of nitrogens with one attached hydrogen (secondary N) is 1. The van der Waals surface area contributed by atoms with Crippen molar-refractivity contribution >= 4 is 9.84 Å². The highest BCUT2D eigenvalue weighted by Crippen LogP contribution is 2.14. The van der Waals surface area contributed by atoms with E-state index in [0.29, 0.717) is 10.9 Å². The fourth-order valence-electron chi connectivity index (χ4n) is 2.19. The first-order chi connectivity index (χ1) is 8.47. The first kappa shape index (κ1) is 13.5. The topological polar surface area (TPSA) is 49.4 Å². The highest BCUT2D eigenvalue weighted by molar-refractivity contribution is 7.90. The molecular weight excluding hydrogens is 248 g/mol. The second kappa shape index (κ2) is 5.38. The third-order valence-electron chi connectivity index (χ3n) is 3.38. The summed E-state index contributed by atoms with van der Waals surface area (Å²) in [5.74, 6) is 0. The van der Waals surface area contributed by atoms with Crippen molar-refractivity contribution in [2.24, 2.45) is 0 Å². The lowest BCUT2D eigenvalue weighted by molar-refractivity contribution is 0.165. The molecule has 1 saturated heterocycles. The minimum Gasteiger partial charge on any atom is -0.314 e. The summed E-state index contributed by atoms with van der Waals surface area (Å²) in [7, 11) is -3.09. The van der Waals surface area contributed by atoms with Crippen LogP contribution in [0.5, 0.6) is 0 Å². The lowest BCUT2D eigenvalue weighted by Gasteiger charge is -2.33. The summed E-state index contributed by atoms with van der Waals surface area (Å²) in [6.07, 6.45) is 1.24. The summed E-state index contributed by atoms with van der Waals surface area (Å²) >= 11 is 0. The first-order valence-electron chi connectivity index (χ1n) is 6.20. The lowest BCUT2D eigenvalue weighted by atomic mass is 10.1. The Morgan fingerprint density at radius 3 is 2.56 bits per heavy atom. The van der Waals surface area contributed by atoms with Crippen molar-refractivity contribution in [1.82, 2.24) is 10.2 Å². The van der Waals surface area contributed by atoms with Gasteiger partial charge in [-0.25, -0.2) is 8.42 Å². The van der Waals surface area contributed by atoms with Crippen molar-refractivity contribution in [3.05, 3.63) is 29.8 Å². The zero-order chi connectivity index (χ0) is 13.2. The van der Waals surface area contributed by atoms with Gasteiger partial charge in [0.15, 0.2) is 9.84 Å². The maximum atomic E-state index is 11.4. The molecule has 0 aliphatic carbocycles. The van der Waals surface area contributed by atoms with Gasteiger partial charge in [0.1, 0.15) is 0 Å². The minimum absolute atomic E-state index is 0.389. The molecule has 1 heterocycles. The van der Waals surface area contributed by atoms with Crippen LogP contribution in [0, 0.1) is 0 Å². The quantitative estimate of drug-likeness (QED) is 0.884. The van der Waals surface area contributed by atoms with E-state index in [1.54, 1.807) is 12.1 Å². The first-order valence-corrected chi connectivity index (χ1v) is 8.10. The Kier molecular flexibility index (Phi) is 4.04. The number of nitrogens with zero attached hydrogens (tertiary/aromatic N) is 1. The third-order valence-corrected chi connectivity index (χ3v) is 4.50. The van der Waals surface area contributed by atoms with Crippen LogP contribution < -0.4 is 5.32 Å². The van der Waals surface area contributed by atoms with Crippen LogP contribution in [0.1, 0.15) is 12.5 Å². The van der Waals surface area contributed by atoms with Gasteiger partial charge in [-0.1, -0.05) is 12.1 Å². The van der Waals surface area contributed by atoms with Gasteiger partial charge in [0.25, 0.3) is 0 Å². The standard InChI is InChI=1S/C13H20N2O2S/c1-11-9-14-7-8-15(11)10-12-3-5-13(6-4-12)18(2,16)17/h3-6,11,14H,7-10H2,1-2H3. The van der Waals surface area contributed by atoms with Crippen LogP contribution in [0.4, 0.5) is 0 Å². The largest absolute Gasteiger partial charge is 0.314 e. The van der Waals surface area contributed by atoms with Crippen molar-refractivity contribution in [2.75, 3.05) is 25.9 Å². The van der Waals surface area contributed by atoms with Crippen molar-refractivity contribution in [1.29, 1.82) is 0 Å². The molecule has 4 nitrogen and oxygen atoms in total. The molecule has 1 aliphatic heterocycles. The molecule has 1 aromatic rings. The summed E-state index contributed by atoms with van der Waals surface area (Å²) in [6, 6.07) is 7.72. The predicted octanol–water partition coefficient (Wildman–Crippen LogP) is 0.884. The molecule has 0 radical (unpaired) electrons. The molecule has 18 heavy (non-hydrogen) atoms. The number of piperazine rings is 1. The van der Waals surface area contributed by atoms with E-state index in [-0.39, 0.29) is 0 Å². The average molecular weight is 268 g/mol. The van der Waals surface area contributed by atoms with Crippen molar-refractivity contribution in [3.8, 4) is 0 Å². The highest BCUT2D eigenvalue weighted by atomic mass is 32.2. The molecule has 100 valence electrons. The molecule has 1 unspecified atom stereocenters. The zero-order valence-corrected chi connectivity index (χ0v) is 11.7. The van der Waals surface area contributed by atoms with Crippen molar-refractivity contribution < 1.29 is 8.42 Å². The van der Waals surface area contributed by atoms with Gasteiger partial charge in [-0.05, 0) is 24.6 Å². The van der Waals surface area contributed by atoms with Crippen LogP contribution in [0.25, 0.3) is 0 Å². The summed E-state index contributed by atoms with van der Waals surface area (Å²) in [5.41, 5.74) is 1.16. The van der Waals surface area contributed by atoms with E-state index in [1.165, 1.54) is 6.26 Å². The zero-order valence-electron chi connectivity index (χ0n) is 10.9. The van der Waals surface area contributed by atoms with E-state index in [9.17, 15) is 8.42 Å². The van der Waals surface area contributed by atoms with Crippen LogP contribution in [-0.2, 0) is 16.4 Å². The van der Waals surface area contributed by atoms with E-state index in [2.05, 4.69) is 17.1 Å². The van der Waals surface area contributed by atoms with E-state index < -0.39 is 9.84 Å². The lowest BCUT2D eigenvalue weighted by Crippen LogP contribution is -2.49. The van der Waals surface area contributed by atoms with Gasteiger partial charge in [-0.3, -0.25) is 4.90 Å². The fraction of sp³-hybridized carbons (Fsp3) is 0.538. The Morgan fingerprint density at radius 1 is 1.33 bits per heavy atom. The Labute approximate surface area is 109 Å². The van der Waals surface area contributed by atoms with E-state index >= 15 is 0 Å². The number of benzene rings is 1. The van der Waals surface area contributed by atoms with Gasteiger partial charge in [0.2, 0.25) is 0 Å². The monoisotopic (exact) mass is 268 g/mol. The highest BCUT2D eigenvalue weighted by Gasteiger charge is 2.17. The Bertz CT molecular complexity index is 496. The predicted molar refractivity (Wildman–Crippen MR) is 72.3 cm³/mol. The summed E-state index contributed by atoms with van der Waals surface area (Å²) in [6.45, 7) is 6.16. The van der Waals surface area contributed by atoms with Crippen LogP contribution in [0.2, 0.25) is 0 Å². The van der Waals surface area contributed by atoms with E-state index in [1.807, 2.05) is 12.1 Å². The maximum Gasteiger partial charge on any atom is 0.175 e. The van der Waals surface area contributed by atoms with E-state index in [0.717, 1.165) is 31.7 Å². The van der Waals surface area contributed by atoms with Crippen LogP contribution in [0.15, 0.2) is 29.2 Å². The van der Waals surface area contributed by atoms with Crippen molar-refractivity contribution in [2.45, 2.75) is 24.4 Å². The second-order valence-electron chi connectivity index (χ2n) is 4.94. The smallest absolute Gasteiger partial charge is 0.175 e. The number of rotatable bonds is 3. The molecule has 1 aliphatic rings. The summed E-state index contributed by atoms with van der Waals surface area (Å²) in [4.78, 5) is 2.80. The molecule has 0 spiro atoms. The molecule has 0 aromatic heterocycles. The van der Waals surface area contributed by atoms with Crippen LogP contribution in [-0.4, -0.2) is 45.2 Å². The van der Waals surface area contributed by atoms with Crippen LogP contribution >= 0.6 is 0 Å². The summed E-state index contributed by atoms with van der Waals surface area (Å²) < 4.78 is 22.7. The number of hydrogen-bond acceptors (Lipinski definition) is 4. The molecule has 5 heteroatoms. The third kappa shape index (κ3) is 3.31. The van der Waals surface area contributed by atoms with Gasteiger partial charge in [0.05, 0.1) is 4.90 Å². The molecule has 0 bridgehead atoms. The minimum atomic E-state index is -3.09.